The average Bonchev–Trinajstić information content (AvgIpc) is 3.91. The van der Waals surface area contributed by atoms with Crippen molar-refractivity contribution in [2.24, 2.45) is 4.99 Å². The van der Waals surface area contributed by atoms with Crippen LogP contribution in [0, 0.1) is 27.7 Å². The van der Waals surface area contributed by atoms with Gasteiger partial charge in [-0.2, -0.15) is 13.5 Å². The van der Waals surface area contributed by atoms with Crippen LogP contribution < -0.4 is 20.7 Å². The maximum atomic E-state index is 13.5. The van der Waals surface area contributed by atoms with Crippen molar-refractivity contribution in [2.75, 3.05) is 68.7 Å². The van der Waals surface area contributed by atoms with Crippen LogP contribution in [-0.4, -0.2) is 90.1 Å². The van der Waals surface area contributed by atoms with E-state index in [0.717, 1.165) is 67.0 Å². The summed E-state index contributed by atoms with van der Waals surface area (Å²) in [4.78, 5) is 36.3. The topological polar surface area (TPSA) is 163 Å². The summed E-state index contributed by atoms with van der Waals surface area (Å²) in [6.45, 7) is 11.8. The van der Waals surface area contributed by atoms with Gasteiger partial charge in [0.05, 0.1) is 58.2 Å². The van der Waals surface area contributed by atoms with Crippen molar-refractivity contribution >= 4 is 71.2 Å². The van der Waals surface area contributed by atoms with Gasteiger partial charge in [-0.15, -0.1) is 21.5 Å². The molecular formula is C47H51ClN8O6S2. The summed E-state index contributed by atoms with van der Waals surface area (Å²) < 4.78 is 25.0. The molecule has 64 heavy (non-hydrogen) atoms. The lowest BCUT2D eigenvalue weighted by Gasteiger charge is -2.15. The Bertz CT molecular complexity index is 2630. The van der Waals surface area contributed by atoms with Crippen LogP contribution in [0.2, 0.25) is 5.02 Å². The van der Waals surface area contributed by atoms with E-state index in [1.807, 2.05) is 66.1 Å². The summed E-state index contributed by atoms with van der Waals surface area (Å²) in [6, 6.07) is 22.3. The lowest BCUT2D eigenvalue weighted by molar-refractivity contribution is -0.117. The minimum Gasteiger partial charge on any atom is -0.491 e. The summed E-state index contributed by atoms with van der Waals surface area (Å²) in [5.74, 6) is 2.62. The number of amides is 2. The van der Waals surface area contributed by atoms with Crippen LogP contribution >= 0.6 is 36.4 Å². The monoisotopic (exact) mass is 922 g/mol. The van der Waals surface area contributed by atoms with Crippen molar-refractivity contribution in [3.8, 4) is 21.9 Å². The second-order valence-electron chi connectivity index (χ2n) is 15.2. The molecule has 3 N–H and O–H groups in total. The lowest BCUT2D eigenvalue weighted by atomic mass is 9.98. The number of fused-ring (bicyclic) bond motifs is 4. The number of aryl methyl sites for hydroxylation is 3. The summed E-state index contributed by atoms with van der Waals surface area (Å²) in [5, 5.41) is 19.8. The number of halogens is 1. The second kappa shape index (κ2) is 21.4. The molecule has 6 aromatic rings. The summed E-state index contributed by atoms with van der Waals surface area (Å²) >= 11 is 7.92. The fourth-order valence-corrected chi connectivity index (χ4v) is 8.94. The van der Waals surface area contributed by atoms with Crippen LogP contribution in [0.25, 0.3) is 16.1 Å². The molecule has 0 aliphatic carbocycles. The van der Waals surface area contributed by atoms with Crippen LogP contribution in [-0.2, 0) is 30.2 Å². The Balaban J connectivity index is 0.00000612. The third-order valence-electron chi connectivity index (χ3n) is 10.8. The number of rotatable bonds is 19. The Hall–Kier alpha value is -5.62. The number of pyridine rings is 1. The number of aromatic nitrogens is 4. The SMILES string of the molecule is Cc1ccnc(NCCOCCOCCOCCOc2ccc(NC(=O)C[C@@H]3N=C(c4ccc(Cl)cc4)c4c(sc(C)c4C)-n4c(C)nnc43)cc2)c1-c1ccc2c(c1)CC(=O)N2.S. The number of carbonyl (C=O) groups excluding carboxylic acids is 2. The predicted octanol–water partition coefficient (Wildman–Crippen LogP) is 8.35. The van der Waals surface area contributed by atoms with Gasteiger partial charge in [-0.3, -0.25) is 19.1 Å². The number of hydrogen-bond acceptors (Lipinski definition) is 12. The Morgan fingerprint density at radius 2 is 1.56 bits per heavy atom. The van der Waals surface area contributed by atoms with E-state index in [4.69, 9.17) is 35.5 Å². The first-order valence-electron chi connectivity index (χ1n) is 20.9. The Morgan fingerprint density at radius 1 is 0.859 bits per heavy atom. The van der Waals surface area contributed by atoms with Gasteiger partial charge in [-0.1, -0.05) is 29.8 Å². The molecule has 0 radical (unpaired) electrons. The third-order valence-corrected chi connectivity index (χ3v) is 12.3. The number of thiophene rings is 1. The van der Waals surface area contributed by atoms with Gasteiger partial charge in [0.15, 0.2) is 5.82 Å². The fraction of sp³-hybridized carbons (Fsp3) is 0.319. The molecule has 0 unspecified atom stereocenters. The highest BCUT2D eigenvalue weighted by atomic mass is 35.5. The van der Waals surface area contributed by atoms with Crippen molar-refractivity contribution in [2.45, 2.75) is 46.6 Å². The van der Waals surface area contributed by atoms with E-state index >= 15 is 0 Å². The molecule has 334 valence electrons. The van der Waals surface area contributed by atoms with Crippen LogP contribution in [0.4, 0.5) is 17.2 Å². The summed E-state index contributed by atoms with van der Waals surface area (Å²) in [6.07, 6.45) is 2.25. The highest BCUT2D eigenvalue weighted by Crippen LogP contribution is 2.40. The zero-order valence-corrected chi connectivity index (χ0v) is 38.7. The molecule has 14 nitrogen and oxygen atoms in total. The zero-order chi connectivity index (χ0) is 43.9. The highest BCUT2D eigenvalue weighted by molar-refractivity contribution is 7.59. The van der Waals surface area contributed by atoms with Crippen molar-refractivity contribution in [1.29, 1.82) is 0 Å². The van der Waals surface area contributed by atoms with Gasteiger partial charge in [-0.25, -0.2) is 4.98 Å². The minimum atomic E-state index is -0.571. The summed E-state index contributed by atoms with van der Waals surface area (Å²) in [7, 11) is 0. The molecule has 8 rings (SSSR count). The van der Waals surface area contributed by atoms with Gasteiger partial charge in [-0.05, 0) is 105 Å². The molecule has 3 aromatic heterocycles. The van der Waals surface area contributed by atoms with Gasteiger partial charge in [0.25, 0.3) is 0 Å². The third kappa shape index (κ3) is 10.8. The van der Waals surface area contributed by atoms with Gasteiger partial charge in [0.1, 0.15) is 35.0 Å². The first kappa shape index (κ1) is 46.4. The molecule has 0 spiro atoms. The molecule has 5 heterocycles. The van der Waals surface area contributed by atoms with Crippen LogP contribution in [0.1, 0.15) is 56.8 Å². The number of hydrogen-bond donors (Lipinski definition) is 3. The normalized spacial score (nSPS) is 13.8. The van der Waals surface area contributed by atoms with Gasteiger partial charge < -0.3 is 34.9 Å². The number of nitrogens with one attached hydrogen (secondary N) is 3. The number of ether oxygens (including phenoxy) is 4. The van der Waals surface area contributed by atoms with Crippen molar-refractivity contribution < 1.29 is 28.5 Å². The number of anilines is 3. The van der Waals surface area contributed by atoms with Gasteiger partial charge in [0, 0.05) is 50.7 Å². The maximum Gasteiger partial charge on any atom is 0.228 e. The molecule has 2 aliphatic heterocycles. The Labute approximate surface area is 388 Å². The Morgan fingerprint density at radius 3 is 2.31 bits per heavy atom. The van der Waals surface area contributed by atoms with Crippen molar-refractivity contribution in [3.63, 3.8) is 0 Å². The lowest BCUT2D eigenvalue weighted by Crippen LogP contribution is -2.17. The molecule has 0 saturated heterocycles. The van der Waals surface area contributed by atoms with Gasteiger partial charge >= 0.3 is 0 Å². The van der Waals surface area contributed by atoms with E-state index in [0.29, 0.717) is 81.5 Å². The molecule has 0 fully saturated rings. The molecule has 2 aliphatic rings. The summed E-state index contributed by atoms with van der Waals surface area (Å²) in [5.41, 5.74) is 9.50. The molecule has 17 heteroatoms. The first-order valence-corrected chi connectivity index (χ1v) is 22.1. The molecular weight excluding hydrogens is 872 g/mol. The second-order valence-corrected chi connectivity index (χ2v) is 16.9. The van der Waals surface area contributed by atoms with Gasteiger partial charge in [0.2, 0.25) is 11.8 Å². The molecule has 2 amide bonds. The van der Waals surface area contributed by atoms with Crippen molar-refractivity contribution in [3.05, 3.63) is 128 Å². The number of aliphatic imine (C=N–C) groups is 1. The quantitative estimate of drug-likeness (QED) is 0.0674. The smallest absolute Gasteiger partial charge is 0.228 e. The minimum absolute atomic E-state index is 0. The van der Waals surface area contributed by atoms with E-state index < -0.39 is 6.04 Å². The molecule has 3 aromatic carbocycles. The maximum absolute atomic E-state index is 13.5. The van der Waals surface area contributed by atoms with E-state index in [9.17, 15) is 9.59 Å². The first-order chi connectivity index (χ1) is 30.6. The fourth-order valence-electron chi connectivity index (χ4n) is 7.60. The molecule has 1 atom stereocenters. The highest BCUT2D eigenvalue weighted by Gasteiger charge is 2.32. The Kier molecular flexibility index (Phi) is 15.5. The van der Waals surface area contributed by atoms with Crippen molar-refractivity contribution in [1.82, 2.24) is 19.7 Å². The largest absolute Gasteiger partial charge is 0.491 e. The molecule has 0 bridgehead atoms. The van der Waals surface area contributed by atoms with E-state index in [-0.39, 0.29) is 31.7 Å². The van der Waals surface area contributed by atoms with Crippen LogP contribution in [0.3, 0.4) is 0 Å². The number of nitrogens with zero attached hydrogens (tertiary/aromatic N) is 5. The van der Waals surface area contributed by atoms with Crippen LogP contribution in [0.5, 0.6) is 5.75 Å². The number of benzene rings is 3. The van der Waals surface area contributed by atoms with E-state index in [1.54, 1.807) is 29.7 Å². The van der Waals surface area contributed by atoms with Crippen LogP contribution in [0.15, 0.2) is 84.0 Å². The zero-order valence-electron chi connectivity index (χ0n) is 36.1. The average molecular weight is 924 g/mol. The predicted molar refractivity (Wildman–Crippen MR) is 257 cm³/mol. The number of carbonyl (C=O) groups is 2. The standard InChI is InChI=1S/C47H49ClN8O6S.H2S/c1-28-15-16-49-45(42(28)33-7-14-38-34(25-33)26-40(57)52-38)50-17-18-59-19-20-60-21-22-61-23-24-62-37-12-10-36(11-13-37)51-41(58)27-39-46-55-54-31(4)56(46)47-43(29(2)30(3)63-47)44(53-39)32-5-8-35(48)9-6-32;/h5-16,25,39H,17-24,26-27H2,1-4H3,(H,49,50)(H,51,58)(H,52,57);1H2/t39-;/m0./s1. The van der Waals surface area contributed by atoms with E-state index in [1.165, 1.54) is 4.88 Å². The molecule has 0 saturated carbocycles. The van der Waals surface area contributed by atoms with E-state index in [2.05, 4.69) is 58.0 Å².